The number of hydrogen-bond donors (Lipinski definition) is 0. The lowest BCUT2D eigenvalue weighted by Crippen LogP contribution is -2.32. The normalized spacial score (nSPS) is 12.0. The van der Waals surface area contributed by atoms with Crippen molar-refractivity contribution in [2.24, 2.45) is 0 Å². The maximum atomic E-state index is 13.1. The van der Waals surface area contributed by atoms with Crippen LogP contribution in [0.15, 0.2) is 17.0 Å². The number of sulfone groups is 1. The number of anilines is 1. The molecular weight excluding hydrogens is 514 g/mol. The van der Waals surface area contributed by atoms with Gasteiger partial charge in [-0.2, -0.15) is 8.42 Å². The van der Waals surface area contributed by atoms with Crippen LogP contribution in [0.25, 0.3) is 0 Å². The van der Waals surface area contributed by atoms with Gasteiger partial charge in [-0.25, -0.2) is 8.42 Å². The summed E-state index contributed by atoms with van der Waals surface area (Å²) in [5, 5.41) is 11.8. The van der Waals surface area contributed by atoms with Gasteiger partial charge in [0.1, 0.15) is 0 Å². The summed E-state index contributed by atoms with van der Waals surface area (Å²) in [4.78, 5) is 13.8. The highest BCUT2D eigenvalue weighted by Crippen LogP contribution is 2.34. The zero-order valence-electron chi connectivity index (χ0n) is 17.6. The molecule has 0 aliphatic heterocycles. The third-order valence-corrected chi connectivity index (χ3v) is 6.87. The lowest BCUT2D eigenvalue weighted by atomic mass is 10.1. The van der Waals surface area contributed by atoms with E-state index in [1.165, 1.54) is 0 Å². The van der Waals surface area contributed by atoms with Gasteiger partial charge >= 0.3 is 0 Å². The standard InChI is InChI=1S/C18H26BrN3O7S2/c1-5-15-13-16(22(23)24)14-17(31(27,28)12-6-8-20(2)3)18(15)21(9-7-19)10-11-29-30(4,25)26/h1,13-14H,6-12H2,2-4H3. The lowest BCUT2D eigenvalue weighted by Gasteiger charge is -2.27. The first-order valence-corrected chi connectivity index (χ1v) is 13.7. The van der Waals surface area contributed by atoms with E-state index in [1.54, 1.807) is 19.0 Å². The molecule has 0 unspecified atom stereocenters. The van der Waals surface area contributed by atoms with E-state index in [4.69, 9.17) is 10.6 Å². The first-order chi connectivity index (χ1) is 14.3. The van der Waals surface area contributed by atoms with Crippen LogP contribution in [-0.4, -0.2) is 84.3 Å². The molecule has 0 radical (unpaired) electrons. The van der Waals surface area contributed by atoms with Crippen LogP contribution in [0.4, 0.5) is 11.4 Å². The number of rotatable bonds is 13. The van der Waals surface area contributed by atoms with Crippen LogP contribution in [0, 0.1) is 22.5 Å². The zero-order chi connectivity index (χ0) is 23.8. The van der Waals surface area contributed by atoms with Crippen LogP contribution in [-0.2, 0) is 24.1 Å². The predicted molar refractivity (Wildman–Crippen MR) is 123 cm³/mol. The lowest BCUT2D eigenvalue weighted by molar-refractivity contribution is -0.385. The van der Waals surface area contributed by atoms with E-state index in [2.05, 4.69) is 21.9 Å². The molecule has 31 heavy (non-hydrogen) atoms. The number of benzene rings is 1. The van der Waals surface area contributed by atoms with Gasteiger partial charge in [0, 0.05) is 30.6 Å². The Morgan fingerprint density at radius 3 is 2.32 bits per heavy atom. The molecule has 0 aliphatic rings. The Hall–Kier alpha value is -1.72. The number of alkyl halides is 1. The first-order valence-electron chi connectivity index (χ1n) is 9.14. The summed E-state index contributed by atoms with van der Waals surface area (Å²) >= 11 is 3.28. The first kappa shape index (κ1) is 27.3. The summed E-state index contributed by atoms with van der Waals surface area (Å²) in [5.41, 5.74) is -0.288. The quantitative estimate of drug-likeness (QED) is 0.120. The predicted octanol–water partition coefficient (Wildman–Crippen LogP) is 1.48. The SMILES string of the molecule is C#Cc1cc([N+](=O)[O-])cc(S(=O)(=O)CCCN(C)C)c1N(CCBr)CCOS(C)(=O)=O. The summed E-state index contributed by atoms with van der Waals surface area (Å²) in [7, 11) is -4.02. The summed E-state index contributed by atoms with van der Waals surface area (Å²) < 4.78 is 53.7. The highest BCUT2D eigenvalue weighted by atomic mass is 79.9. The molecule has 0 bridgehead atoms. The maximum absolute atomic E-state index is 13.1. The summed E-state index contributed by atoms with van der Waals surface area (Å²) in [6.45, 7) is 0.539. The van der Waals surface area contributed by atoms with E-state index >= 15 is 0 Å². The molecule has 1 aromatic carbocycles. The average molecular weight is 540 g/mol. The molecule has 0 aliphatic carbocycles. The van der Waals surface area contributed by atoms with Gasteiger partial charge < -0.3 is 9.80 Å². The van der Waals surface area contributed by atoms with Crippen LogP contribution in [0.5, 0.6) is 0 Å². The Kier molecular flexibility index (Phi) is 10.4. The van der Waals surface area contributed by atoms with Gasteiger partial charge in [-0.3, -0.25) is 14.3 Å². The van der Waals surface area contributed by atoms with Crippen molar-refractivity contribution in [3.63, 3.8) is 0 Å². The number of hydrogen-bond acceptors (Lipinski definition) is 9. The number of nitro groups is 1. The fraction of sp³-hybridized carbons (Fsp3) is 0.556. The second-order valence-electron chi connectivity index (χ2n) is 6.92. The minimum absolute atomic E-state index is 0.00534. The molecular formula is C18H26BrN3O7S2. The number of terminal acetylenes is 1. The number of nitrogens with zero attached hydrogens (tertiary/aromatic N) is 3. The van der Waals surface area contributed by atoms with Gasteiger partial charge in [0.15, 0.2) is 9.84 Å². The van der Waals surface area contributed by atoms with Crippen molar-refractivity contribution in [1.82, 2.24) is 4.90 Å². The van der Waals surface area contributed by atoms with Crippen molar-refractivity contribution in [3.05, 3.63) is 27.8 Å². The Bertz CT molecular complexity index is 1030. The van der Waals surface area contributed by atoms with Crippen LogP contribution in [0.2, 0.25) is 0 Å². The van der Waals surface area contributed by atoms with Gasteiger partial charge in [0.25, 0.3) is 15.8 Å². The third-order valence-electron chi connectivity index (χ3n) is 4.11. The van der Waals surface area contributed by atoms with Gasteiger partial charge in [-0.15, -0.1) is 6.42 Å². The van der Waals surface area contributed by atoms with E-state index in [1.807, 2.05) is 4.90 Å². The number of nitro benzene ring substituents is 1. The molecule has 13 heteroatoms. The largest absolute Gasteiger partial charge is 0.366 e. The van der Waals surface area contributed by atoms with Crippen molar-refractivity contribution in [3.8, 4) is 12.3 Å². The Labute approximate surface area is 191 Å². The summed E-state index contributed by atoms with van der Waals surface area (Å²) in [6, 6.07) is 2.13. The van der Waals surface area contributed by atoms with E-state index in [-0.39, 0.29) is 41.6 Å². The second kappa shape index (κ2) is 11.8. The van der Waals surface area contributed by atoms with Gasteiger partial charge in [0.05, 0.1) is 39.7 Å². The molecule has 0 saturated heterocycles. The molecule has 0 spiro atoms. The molecule has 1 rings (SSSR count). The zero-order valence-corrected chi connectivity index (χ0v) is 20.8. The summed E-state index contributed by atoms with van der Waals surface area (Å²) in [5.74, 6) is 2.10. The Morgan fingerprint density at radius 2 is 1.84 bits per heavy atom. The molecule has 0 aromatic heterocycles. The highest BCUT2D eigenvalue weighted by Gasteiger charge is 2.28. The van der Waals surface area contributed by atoms with Crippen LogP contribution < -0.4 is 4.90 Å². The smallest absolute Gasteiger partial charge is 0.272 e. The molecule has 0 atom stereocenters. The van der Waals surface area contributed by atoms with Gasteiger partial charge in [-0.05, 0) is 27.1 Å². The van der Waals surface area contributed by atoms with Gasteiger partial charge in [-0.1, -0.05) is 21.9 Å². The third kappa shape index (κ3) is 8.74. The van der Waals surface area contributed by atoms with E-state index in [9.17, 15) is 26.9 Å². The van der Waals surface area contributed by atoms with Crippen LogP contribution >= 0.6 is 15.9 Å². The van der Waals surface area contributed by atoms with Crippen LogP contribution in [0.3, 0.4) is 0 Å². The minimum Gasteiger partial charge on any atom is -0.366 e. The second-order valence-corrected chi connectivity index (χ2v) is 11.4. The topological polar surface area (TPSA) is 127 Å². The van der Waals surface area contributed by atoms with Gasteiger partial charge in [0.2, 0.25) is 0 Å². The van der Waals surface area contributed by atoms with Crippen LogP contribution in [0.1, 0.15) is 12.0 Å². The van der Waals surface area contributed by atoms with Crippen molar-refractivity contribution in [1.29, 1.82) is 0 Å². The highest BCUT2D eigenvalue weighted by molar-refractivity contribution is 9.09. The fourth-order valence-corrected chi connectivity index (χ4v) is 5.16. The molecule has 0 heterocycles. The molecule has 0 fully saturated rings. The minimum atomic E-state index is -3.93. The van der Waals surface area contributed by atoms with E-state index < -0.39 is 30.6 Å². The van der Waals surface area contributed by atoms with Crippen molar-refractivity contribution < 1.29 is 25.9 Å². The Balaban J connectivity index is 3.56. The molecule has 0 N–H and O–H groups in total. The summed E-state index contributed by atoms with van der Waals surface area (Å²) in [6.07, 6.45) is 6.79. The molecule has 1 aromatic rings. The Morgan fingerprint density at radius 1 is 1.19 bits per heavy atom. The fourth-order valence-electron chi connectivity index (χ4n) is 2.79. The molecule has 10 nitrogen and oxygen atoms in total. The van der Waals surface area contributed by atoms with Crippen molar-refractivity contribution >= 4 is 47.3 Å². The maximum Gasteiger partial charge on any atom is 0.272 e. The molecule has 0 saturated carbocycles. The van der Waals surface area contributed by atoms with Crippen molar-refractivity contribution in [2.75, 3.05) is 62.6 Å². The van der Waals surface area contributed by atoms with E-state index in [0.29, 0.717) is 18.3 Å². The monoisotopic (exact) mass is 539 g/mol. The molecule has 174 valence electrons. The van der Waals surface area contributed by atoms with Crippen molar-refractivity contribution in [2.45, 2.75) is 11.3 Å². The van der Waals surface area contributed by atoms with E-state index in [0.717, 1.165) is 18.4 Å². The average Bonchev–Trinajstić information content (AvgIpc) is 2.64. The number of halogens is 1. The molecule has 0 amide bonds. The number of non-ortho nitro benzene ring substituents is 1.